The number of carbonyl (C=O) groups is 3. The monoisotopic (exact) mass is 521 g/mol. The molecule has 36 heavy (non-hydrogen) atoms. The minimum Gasteiger partial charge on any atom is -0.375 e. The zero-order valence-corrected chi connectivity index (χ0v) is 21.6. The third-order valence-corrected chi connectivity index (χ3v) is 6.72. The van der Waals surface area contributed by atoms with Gasteiger partial charge in [0.25, 0.3) is 17.7 Å². The van der Waals surface area contributed by atoms with Crippen molar-refractivity contribution in [1.29, 1.82) is 0 Å². The summed E-state index contributed by atoms with van der Waals surface area (Å²) in [5, 5.41) is 6.26. The van der Waals surface area contributed by atoms with Crippen LogP contribution in [-0.2, 0) is 22.7 Å². The highest BCUT2D eigenvalue weighted by Gasteiger charge is 2.37. The van der Waals surface area contributed by atoms with Gasteiger partial charge in [-0.25, -0.2) is 0 Å². The normalized spacial score (nSPS) is 13.4. The number of carbonyl (C=O) groups excluding carboxylic acids is 3. The Bertz CT molecular complexity index is 1370. The van der Waals surface area contributed by atoms with Gasteiger partial charge in [-0.05, 0) is 61.2 Å². The first-order valence-corrected chi connectivity index (χ1v) is 12.1. The summed E-state index contributed by atoms with van der Waals surface area (Å²) in [5.74, 6) is -1.29. The molecule has 1 aliphatic heterocycles. The van der Waals surface area contributed by atoms with Crippen molar-refractivity contribution in [2.75, 3.05) is 5.32 Å². The summed E-state index contributed by atoms with van der Waals surface area (Å²) in [6, 6.07) is 18.1. The number of imide groups is 1. The van der Waals surface area contributed by atoms with Gasteiger partial charge in [0, 0.05) is 22.8 Å². The minimum absolute atomic E-state index is 0.0302. The molecule has 0 atom stereocenters. The number of benzene rings is 3. The minimum atomic E-state index is -0.571. The number of anilines is 1. The Morgan fingerprint density at radius 2 is 1.53 bits per heavy atom. The Morgan fingerprint density at radius 3 is 2.17 bits per heavy atom. The van der Waals surface area contributed by atoms with Crippen molar-refractivity contribution >= 4 is 46.6 Å². The van der Waals surface area contributed by atoms with Gasteiger partial charge >= 0.3 is 0 Å². The molecule has 0 spiro atoms. The van der Waals surface area contributed by atoms with Crippen LogP contribution >= 0.6 is 23.2 Å². The molecule has 0 saturated heterocycles. The molecule has 1 heterocycles. The summed E-state index contributed by atoms with van der Waals surface area (Å²) in [7, 11) is 0. The highest BCUT2D eigenvalue weighted by atomic mass is 35.5. The van der Waals surface area contributed by atoms with Crippen LogP contribution in [0.25, 0.3) is 0 Å². The quantitative estimate of drug-likeness (QED) is 0.395. The van der Waals surface area contributed by atoms with Crippen molar-refractivity contribution < 1.29 is 14.4 Å². The van der Waals surface area contributed by atoms with Gasteiger partial charge in [0.2, 0.25) is 0 Å². The summed E-state index contributed by atoms with van der Waals surface area (Å²) >= 11 is 12.4. The SMILES string of the molecule is Cc1cc(C)c(NC(=O)c2ccc(CNC3=C(Cl)C(=O)N(Cc4ccccc4Cl)C3=O)cc2)c(C)c1. The molecule has 3 amide bonds. The molecule has 3 aromatic rings. The molecule has 4 rings (SSSR count). The number of hydrogen-bond donors (Lipinski definition) is 2. The van der Waals surface area contributed by atoms with Gasteiger partial charge in [-0.15, -0.1) is 0 Å². The molecular weight excluding hydrogens is 497 g/mol. The summed E-state index contributed by atoms with van der Waals surface area (Å²) < 4.78 is 0. The fourth-order valence-corrected chi connectivity index (χ4v) is 4.61. The average molecular weight is 522 g/mol. The number of nitrogens with zero attached hydrogens (tertiary/aromatic N) is 1. The van der Waals surface area contributed by atoms with Crippen molar-refractivity contribution in [3.05, 3.63) is 110 Å². The van der Waals surface area contributed by atoms with E-state index in [0.29, 0.717) is 16.1 Å². The lowest BCUT2D eigenvalue weighted by atomic mass is 10.0. The van der Waals surface area contributed by atoms with E-state index in [2.05, 4.69) is 10.6 Å². The van der Waals surface area contributed by atoms with Gasteiger partial charge in [-0.1, -0.05) is 71.2 Å². The van der Waals surface area contributed by atoms with E-state index in [1.54, 1.807) is 48.5 Å². The van der Waals surface area contributed by atoms with E-state index in [4.69, 9.17) is 23.2 Å². The molecule has 2 N–H and O–H groups in total. The fraction of sp³-hybridized carbons (Fsp3) is 0.179. The lowest BCUT2D eigenvalue weighted by molar-refractivity contribution is -0.138. The Kier molecular flexibility index (Phi) is 7.48. The van der Waals surface area contributed by atoms with E-state index >= 15 is 0 Å². The largest absolute Gasteiger partial charge is 0.375 e. The van der Waals surface area contributed by atoms with Crippen molar-refractivity contribution in [2.45, 2.75) is 33.9 Å². The van der Waals surface area contributed by atoms with Crippen LogP contribution in [-0.4, -0.2) is 22.6 Å². The zero-order chi connectivity index (χ0) is 26.0. The average Bonchev–Trinajstić information content (AvgIpc) is 3.04. The number of nitrogens with one attached hydrogen (secondary N) is 2. The molecule has 0 bridgehead atoms. The second kappa shape index (κ2) is 10.6. The first kappa shape index (κ1) is 25.5. The van der Waals surface area contributed by atoms with Crippen molar-refractivity contribution in [3.8, 4) is 0 Å². The zero-order valence-electron chi connectivity index (χ0n) is 20.1. The Balaban J connectivity index is 1.40. The standard InChI is InChI=1S/C28H25Cl2N3O3/c1-16-12-17(2)24(18(3)13-16)32-26(34)20-10-8-19(9-11-20)14-31-25-23(30)27(35)33(28(25)36)15-21-6-4-5-7-22(21)29/h4-13,31H,14-15H2,1-3H3,(H,32,34). The van der Waals surface area contributed by atoms with Crippen molar-refractivity contribution in [2.24, 2.45) is 0 Å². The van der Waals surface area contributed by atoms with E-state index in [1.807, 2.05) is 32.9 Å². The smallest absolute Gasteiger partial charge is 0.278 e. The van der Waals surface area contributed by atoms with Crippen molar-refractivity contribution in [3.63, 3.8) is 0 Å². The highest BCUT2D eigenvalue weighted by Crippen LogP contribution is 2.27. The maximum Gasteiger partial charge on any atom is 0.278 e. The maximum atomic E-state index is 12.9. The second-order valence-electron chi connectivity index (χ2n) is 8.76. The fourth-order valence-electron chi connectivity index (χ4n) is 4.17. The van der Waals surface area contributed by atoms with E-state index in [9.17, 15) is 14.4 Å². The van der Waals surface area contributed by atoms with Gasteiger partial charge < -0.3 is 10.6 Å². The van der Waals surface area contributed by atoms with Gasteiger partial charge in [0.05, 0.1) is 6.54 Å². The highest BCUT2D eigenvalue weighted by molar-refractivity contribution is 6.47. The van der Waals surface area contributed by atoms with Crippen LogP contribution in [0.5, 0.6) is 0 Å². The molecule has 0 saturated carbocycles. The van der Waals surface area contributed by atoms with Gasteiger partial charge in [-0.3, -0.25) is 19.3 Å². The van der Waals surface area contributed by atoms with Crippen LogP contribution < -0.4 is 10.6 Å². The van der Waals surface area contributed by atoms with E-state index in [1.165, 1.54) is 0 Å². The molecule has 3 aromatic carbocycles. The molecule has 8 heteroatoms. The maximum absolute atomic E-state index is 12.9. The first-order chi connectivity index (χ1) is 17.2. The molecule has 1 aliphatic rings. The van der Waals surface area contributed by atoms with E-state index in [-0.39, 0.29) is 29.7 Å². The van der Waals surface area contributed by atoms with Crippen molar-refractivity contribution in [1.82, 2.24) is 10.2 Å². The number of amides is 3. The predicted octanol–water partition coefficient (Wildman–Crippen LogP) is 5.63. The van der Waals surface area contributed by atoms with Crippen LogP contribution in [0.2, 0.25) is 5.02 Å². The van der Waals surface area contributed by atoms with Crippen LogP contribution in [0.1, 0.15) is 38.2 Å². The number of aryl methyl sites for hydroxylation is 3. The summed E-state index contributed by atoms with van der Waals surface area (Å²) in [6.07, 6.45) is 0. The molecule has 6 nitrogen and oxygen atoms in total. The Morgan fingerprint density at radius 1 is 0.889 bits per heavy atom. The van der Waals surface area contributed by atoms with Crippen LogP contribution in [0.15, 0.2) is 71.4 Å². The topological polar surface area (TPSA) is 78.5 Å². The first-order valence-electron chi connectivity index (χ1n) is 11.4. The molecular formula is C28H25Cl2N3O3. The molecule has 0 aromatic heterocycles. The third kappa shape index (κ3) is 5.30. The van der Waals surface area contributed by atoms with Gasteiger partial charge in [0.15, 0.2) is 0 Å². The van der Waals surface area contributed by atoms with Crippen LogP contribution in [0, 0.1) is 20.8 Å². The summed E-state index contributed by atoms with van der Waals surface area (Å²) in [4.78, 5) is 39.3. The van der Waals surface area contributed by atoms with E-state index < -0.39 is 11.8 Å². The molecule has 184 valence electrons. The molecule has 0 fully saturated rings. The van der Waals surface area contributed by atoms with Crippen LogP contribution in [0.4, 0.5) is 5.69 Å². The van der Waals surface area contributed by atoms with Crippen LogP contribution in [0.3, 0.4) is 0 Å². The summed E-state index contributed by atoms with van der Waals surface area (Å²) in [6.45, 7) is 6.24. The summed E-state index contributed by atoms with van der Waals surface area (Å²) in [5.41, 5.74) is 5.98. The predicted molar refractivity (Wildman–Crippen MR) is 142 cm³/mol. The van der Waals surface area contributed by atoms with E-state index in [0.717, 1.165) is 32.8 Å². The second-order valence-corrected chi connectivity index (χ2v) is 9.54. The molecule has 0 unspecified atom stereocenters. The molecule has 0 aliphatic carbocycles. The Labute approximate surface area is 219 Å². The number of hydrogen-bond acceptors (Lipinski definition) is 4. The lowest BCUT2D eigenvalue weighted by Gasteiger charge is -2.16. The molecule has 0 radical (unpaired) electrons. The van der Waals surface area contributed by atoms with Gasteiger partial charge in [-0.2, -0.15) is 0 Å². The Hall–Kier alpha value is -3.61. The third-order valence-electron chi connectivity index (χ3n) is 6.00. The lowest BCUT2D eigenvalue weighted by Crippen LogP contribution is -2.33. The number of halogens is 2. The number of rotatable bonds is 7. The van der Waals surface area contributed by atoms with Gasteiger partial charge in [0.1, 0.15) is 10.7 Å².